The van der Waals surface area contributed by atoms with Crippen molar-refractivity contribution in [1.82, 2.24) is 5.43 Å². The van der Waals surface area contributed by atoms with Gasteiger partial charge >= 0.3 is 0 Å². The lowest BCUT2D eigenvalue weighted by Gasteiger charge is -2.03. The minimum atomic E-state index is -0.451. The van der Waals surface area contributed by atoms with E-state index in [9.17, 15) is 9.70 Å². The molecule has 0 aliphatic heterocycles. The van der Waals surface area contributed by atoms with Crippen molar-refractivity contribution in [1.29, 1.82) is 0 Å². The number of amides is 1. The highest BCUT2D eigenvalue weighted by Crippen LogP contribution is 2.08. The van der Waals surface area contributed by atoms with E-state index in [-0.39, 0.29) is 0 Å². The number of rotatable bonds is 3. The summed E-state index contributed by atoms with van der Waals surface area (Å²) in [5, 5.41) is 2.34. The Hall–Kier alpha value is -1.71. The van der Waals surface area contributed by atoms with E-state index in [0.29, 0.717) is 5.56 Å². The molecule has 0 aromatic heterocycles. The number of benzene rings is 1. The molecule has 0 fully saturated rings. The van der Waals surface area contributed by atoms with Crippen molar-refractivity contribution in [3.05, 3.63) is 40.3 Å². The van der Waals surface area contributed by atoms with E-state index in [0.717, 1.165) is 12.0 Å². The summed E-state index contributed by atoms with van der Waals surface area (Å²) in [6, 6.07) is 7.11. The fraction of sp³-hybridized carbons (Fsp3) is 0.222. The van der Waals surface area contributed by atoms with Gasteiger partial charge in [-0.1, -0.05) is 25.1 Å². The standard InChI is InChI=1S/C9H10N2O2/c1-2-7-5-3-4-6-8(7)9(12)10-11-13/h3-6H,2H2,1H3,(H,10,12,13). The Morgan fingerprint density at radius 1 is 1.46 bits per heavy atom. The lowest BCUT2D eigenvalue weighted by Crippen LogP contribution is -2.18. The highest BCUT2D eigenvalue weighted by Gasteiger charge is 2.08. The molecule has 0 bridgehead atoms. The number of nitrogens with zero attached hydrogens (tertiary/aromatic N) is 1. The van der Waals surface area contributed by atoms with Gasteiger partial charge < -0.3 is 0 Å². The van der Waals surface area contributed by atoms with Gasteiger partial charge in [-0.15, -0.1) is 4.91 Å². The number of carbonyl (C=O) groups is 1. The van der Waals surface area contributed by atoms with Crippen LogP contribution in [-0.4, -0.2) is 5.91 Å². The minimum absolute atomic E-state index is 0.451. The molecule has 0 heterocycles. The first kappa shape index (κ1) is 9.38. The van der Waals surface area contributed by atoms with E-state index in [1.807, 2.05) is 24.5 Å². The van der Waals surface area contributed by atoms with E-state index in [4.69, 9.17) is 0 Å². The first-order valence-corrected chi connectivity index (χ1v) is 4.00. The van der Waals surface area contributed by atoms with Gasteiger partial charge in [0.2, 0.25) is 0 Å². The maximum absolute atomic E-state index is 11.2. The highest BCUT2D eigenvalue weighted by molar-refractivity contribution is 5.95. The first-order valence-electron chi connectivity index (χ1n) is 4.00. The number of hydrogen-bond donors (Lipinski definition) is 1. The maximum atomic E-state index is 11.2. The monoisotopic (exact) mass is 178 g/mol. The number of hydrogen-bond acceptors (Lipinski definition) is 3. The Morgan fingerprint density at radius 3 is 2.77 bits per heavy atom. The van der Waals surface area contributed by atoms with Gasteiger partial charge in [0.1, 0.15) is 0 Å². The molecule has 0 atom stereocenters. The van der Waals surface area contributed by atoms with Crippen LogP contribution < -0.4 is 5.43 Å². The smallest absolute Gasteiger partial charge is 0.267 e. The Morgan fingerprint density at radius 2 is 2.15 bits per heavy atom. The zero-order valence-electron chi connectivity index (χ0n) is 7.28. The molecular formula is C9H10N2O2. The zero-order chi connectivity index (χ0) is 9.68. The number of nitrogens with one attached hydrogen (secondary N) is 1. The molecule has 68 valence electrons. The fourth-order valence-corrected chi connectivity index (χ4v) is 1.15. The molecular weight excluding hydrogens is 168 g/mol. The van der Waals surface area contributed by atoms with Crippen molar-refractivity contribution in [2.45, 2.75) is 13.3 Å². The van der Waals surface area contributed by atoms with E-state index in [1.165, 1.54) is 0 Å². The van der Waals surface area contributed by atoms with Crippen molar-refractivity contribution < 1.29 is 4.79 Å². The summed E-state index contributed by atoms with van der Waals surface area (Å²) >= 11 is 0. The molecule has 1 rings (SSSR count). The van der Waals surface area contributed by atoms with Crippen molar-refractivity contribution in [3.8, 4) is 0 Å². The van der Waals surface area contributed by atoms with Crippen LogP contribution in [0.3, 0.4) is 0 Å². The van der Waals surface area contributed by atoms with Crippen LogP contribution in [0.25, 0.3) is 0 Å². The van der Waals surface area contributed by atoms with Gasteiger partial charge in [0.15, 0.2) is 0 Å². The second kappa shape index (κ2) is 4.35. The van der Waals surface area contributed by atoms with E-state index >= 15 is 0 Å². The summed E-state index contributed by atoms with van der Waals surface area (Å²) in [4.78, 5) is 21.0. The van der Waals surface area contributed by atoms with E-state index < -0.39 is 5.91 Å². The number of carbonyl (C=O) groups excluding carboxylic acids is 1. The minimum Gasteiger partial charge on any atom is -0.267 e. The third-order valence-electron chi connectivity index (χ3n) is 1.79. The Labute approximate surface area is 75.9 Å². The Kier molecular flexibility index (Phi) is 3.14. The largest absolute Gasteiger partial charge is 0.274 e. The van der Waals surface area contributed by atoms with Gasteiger partial charge in [-0.2, -0.15) is 0 Å². The Bertz CT molecular complexity index is 323. The van der Waals surface area contributed by atoms with Crippen molar-refractivity contribution in [2.75, 3.05) is 0 Å². The molecule has 4 nitrogen and oxygen atoms in total. The topological polar surface area (TPSA) is 58.5 Å². The third kappa shape index (κ3) is 2.11. The SMILES string of the molecule is CCc1ccccc1C(=O)NN=O. The summed E-state index contributed by atoms with van der Waals surface area (Å²) < 4.78 is 0. The maximum Gasteiger partial charge on any atom is 0.274 e. The first-order chi connectivity index (χ1) is 6.29. The highest BCUT2D eigenvalue weighted by atomic mass is 16.3. The van der Waals surface area contributed by atoms with E-state index in [2.05, 4.69) is 5.29 Å². The van der Waals surface area contributed by atoms with Crippen molar-refractivity contribution in [3.63, 3.8) is 0 Å². The lowest BCUT2D eigenvalue weighted by atomic mass is 10.1. The Balaban J connectivity index is 2.98. The van der Waals surface area contributed by atoms with Gasteiger partial charge in [-0.05, 0) is 18.1 Å². The van der Waals surface area contributed by atoms with E-state index in [1.54, 1.807) is 12.1 Å². The van der Waals surface area contributed by atoms with Crippen LogP contribution in [0.15, 0.2) is 29.6 Å². The quantitative estimate of drug-likeness (QED) is 0.565. The molecule has 0 unspecified atom stereocenters. The van der Waals surface area contributed by atoms with Crippen LogP contribution in [0.5, 0.6) is 0 Å². The normalized spacial score (nSPS) is 9.31. The summed E-state index contributed by atoms with van der Waals surface area (Å²) in [5.74, 6) is -0.451. The average Bonchev–Trinajstić information content (AvgIpc) is 2.18. The predicted octanol–water partition coefficient (Wildman–Crippen LogP) is 1.66. The molecule has 1 aromatic carbocycles. The molecule has 4 heteroatoms. The van der Waals surface area contributed by atoms with Crippen LogP contribution in [0.1, 0.15) is 22.8 Å². The van der Waals surface area contributed by atoms with Crippen molar-refractivity contribution >= 4 is 5.91 Å². The second-order valence-corrected chi connectivity index (χ2v) is 2.54. The van der Waals surface area contributed by atoms with Crippen LogP contribution >= 0.6 is 0 Å². The van der Waals surface area contributed by atoms with Gasteiger partial charge in [0.25, 0.3) is 5.91 Å². The predicted molar refractivity (Wildman–Crippen MR) is 49.1 cm³/mol. The molecule has 0 aliphatic rings. The molecule has 0 aliphatic carbocycles. The number of nitroso groups, excluding NO2 is 1. The van der Waals surface area contributed by atoms with Crippen molar-refractivity contribution in [2.24, 2.45) is 5.29 Å². The number of aryl methyl sites for hydroxylation is 1. The van der Waals surface area contributed by atoms with Gasteiger partial charge in [-0.25, -0.2) is 5.43 Å². The molecule has 0 radical (unpaired) electrons. The molecule has 0 spiro atoms. The van der Waals surface area contributed by atoms with Crippen LogP contribution in [0.2, 0.25) is 0 Å². The van der Waals surface area contributed by atoms with Gasteiger partial charge in [0.05, 0.1) is 5.29 Å². The molecule has 1 aromatic rings. The molecule has 1 N–H and O–H groups in total. The summed E-state index contributed by atoms with van der Waals surface area (Å²) in [6.45, 7) is 1.94. The van der Waals surface area contributed by atoms with Crippen LogP contribution in [0.4, 0.5) is 0 Å². The zero-order valence-corrected chi connectivity index (χ0v) is 7.28. The van der Waals surface area contributed by atoms with Crippen LogP contribution in [-0.2, 0) is 6.42 Å². The molecule has 1 amide bonds. The summed E-state index contributed by atoms with van der Waals surface area (Å²) in [6.07, 6.45) is 0.752. The third-order valence-corrected chi connectivity index (χ3v) is 1.79. The second-order valence-electron chi connectivity index (χ2n) is 2.54. The molecule has 0 saturated heterocycles. The average molecular weight is 178 g/mol. The summed E-state index contributed by atoms with van der Waals surface area (Å²) in [5.41, 5.74) is 3.28. The van der Waals surface area contributed by atoms with Crippen LogP contribution in [0, 0.1) is 4.91 Å². The van der Waals surface area contributed by atoms with Gasteiger partial charge in [-0.3, -0.25) is 4.79 Å². The summed E-state index contributed by atoms with van der Waals surface area (Å²) in [7, 11) is 0. The fourth-order valence-electron chi connectivity index (χ4n) is 1.15. The lowest BCUT2D eigenvalue weighted by molar-refractivity contribution is 0.0953. The molecule has 0 saturated carbocycles. The molecule has 13 heavy (non-hydrogen) atoms. The van der Waals surface area contributed by atoms with Gasteiger partial charge in [0, 0.05) is 5.56 Å².